The first-order chi connectivity index (χ1) is 14.2. The van der Waals surface area contributed by atoms with Crippen LogP contribution in [0, 0.1) is 0 Å². The predicted molar refractivity (Wildman–Crippen MR) is 117 cm³/mol. The highest BCUT2D eigenvalue weighted by Gasteiger charge is 2.20. The van der Waals surface area contributed by atoms with E-state index in [0.29, 0.717) is 18.3 Å². The number of likely N-dealkylation sites (N-methyl/N-ethyl adjacent to an activating group) is 1. The van der Waals surface area contributed by atoms with Gasteiger partial charge in [0.2, 0.25) is 10.3 Å². The van der Waals surface area contributed by atoms with Crippen LogP contribution in [0.25, 0.3) is 5.13 Å². The number of piperidine rings is 1. The summed E-state index contributed by atoms with van der Waals surface area (Å²) in [5.74, 6) is -0.0539. The summed E-state index contributed by atoms with van der Waals surface area (Å²) in [4.78, 5) is 17.5. The van der Waals surface area contributed by atoms with Crippen LogP contribution in [-0.2, 0) is 0 Å². The summed E-state index contributed by atoms with van der Waals surface area (Å²) in [5, 5.41) is 13.5. The SMILES string of the molecule is CN(CCNC(=O)c1cccn1-c1nnc(N2CCCCC2)s1)C1CCCCC1. The third kappa shape index (κ3) is 4.98. The van der Waals surface area contributed by atoms with Gasteiger partial charge in [-0.1, -0.05) is 30.6 Å². The van der Waals surface area contributed by atoms with Gasteiger partial charge in [0.05, 0.1) is 0 Å². The van der Waals surface area contributed by atoms with Crippen LogP contribution in [0.3, 0.4) is 0 Å². The summed E-state index contributed by atoms with van der Waals surface area (Å²) in [7, 11) is 2.17. The molecule has 1 saturated carbocycles. The molecule has 8 heteroatoms. The van der Waals surface area contributed by atoms with Crippen LogP contribution in [0.5, 0.6) is 0 Å². The number of carbonyl (C=O) groups excluding carboxylic acids is 1. The molecule has 158 valence electrons. The Morgan fingerprint density at radius 1 is 1.14 bits per heavy atom. The summed E-state index contributed by atoms with van der Waals surface area (Å²) >= 11 is 1.55. The lowest BCUT2D eigenvalue weighted by molar-refractivity contribution is 0.0938. The van der Waals surface area contributed by atoms with Crippen molar-refractivity contribution >= 4 is 22.4 Å². The highest BCUT2D eigenvalue weighted by Crippen LogP contribution is 2.27. The number of hydrogen-bond donors (Lipinski definition) is 1. The van der Waals surface area contributed by atoms with E-state index in [1.165, 1.54) is 51.4 Å². The number of rotatable bonds is 7. The minimum Gasteiger partial charge on any atom is -0.349 e. The molecule has 3 heterocycles. The van der Waals surface area contributed by atoms with E-state index < -0.39 is 0 Å². The molecule has 1 aliphatic heterocycles. The fraction of sp³-hybridized carbons (Fsp3) is 0.667. The highest BCUT2D eigenvalue weighted by atomic mass is 32.1. The zero-order valence-electron chi connectivity index (χ0n) is 17.3. The second-order valence-corrected chi connectivity index (χ2v) is 9.14. The average molecular weight is 417 g/mol. The van der Waals surface area contributed by atoms with Crippen molar-refractivity contribution in [1.29, 1.82) is 0 Å². The first-order valence-corrected chi connectivity index (χ1v) is 11.8. The van der Waals surface area contributed by atoms with Crippen molar-refractivity contribution in [2.75, 3.05) is 38.1 Å². The van der Waals surface area contributed by atoms with Crippen LogP contribution in [-0.4, -0.2) is 64.8 Å². The smallest absolute Gasteiger partial charge is 0.268 e. The topological polar surface area (TPSA) is 66.3 Å². The second-order valence-electron chi connectivity index (χ2n) is 8.21. The van der Waals surface area contributed by atoms with E-state index in [0.717, 1.165) is 29.9 Å². The Bertz CT molecular complexity index is 791. The summed E-state index contributed by atoms with van der Waals surface area (Å²) < 4.78 is 1.85. The van der Waals surface area contributed by atoms with E-state index in [2.05, 4.69) is 32.4 Å². The normalized spacial score (nSPS) is 18.3. The monoisotopic (exact) mass is 416 g/mol. The number of hydrogen-bond acceptors (Lipinski definition) is 6. The Morgan fingerprint density at radius 3 is 2.66 bits per heavy atom. The second kappa shape index (κ2) is 9.71. The van der Waals surface area contributed by atoms with E-state index in [9.17, 15) is 4.79 Å². The van der Waals surface area contributed by atoms with Gasteiger partial charge in [0, 0.05) is 38.4 Å². The van der Waals surface area contributed by atoms with Gasteiger partial charge in [-0.2, -0.15) is 0 Å². The van der Waals surface area contributed by atoms with E-state index in [1.807, 2.05) is 22.9 Å². The Kier molecular flexibility index (Phi) is 6.82. The molecule has 0 radical (unpaired) electrons. The maximum absolute atomic E-state index is 12.8. The van der Waals surface area contributed by atoms with Crippen LogP contribution >= 0.6 is 11.3 Å². The molecule has 1 N–H and O–H groups in total. The fourth-order valence-corrected chi connectivity index (χ4v) is 5.29. The summed E-state index contributed by atoms with van der Waals surface area (Å²) in [5.41, 5.74) is 0.617. The fourth-order valence-electron chi connectivity index (χ4n) is 4.39. The summed E-state index contributed by atoms with van der Waals surface area (Å²) in [6, 6.07) is 4.41. The summed E-state index contributed by atoms with van der Waals surface area (Å²) in [6.07, 6.45) is 12.2. The zero-order chi connectivity index (χ0) is 20.1. The quantitative estimate of drug-likeness (QED) is 0.750. The molecular formula is C21H32N6OS. The van der Waals surface area contributed by atoms with Gasteiger partial charge < -0.3 is 15.1 Å². The molecule has 1 amide bonds. The average Bonchev–Trinajstić information content (AvgIpc) is 3.44. The zero-order valence-corrected chi connectivity index (χ0v) is 18.2. The molecule has 0 unspecified atom stereocenters. The van der Waals surface area contributed by atoms with E-state index >= 15 is 0 Å². The van der Waals surface area contributed by atoms with Crippen molar-refractivity contribution in [2.24, 2.45) is 0 Å². The van der Waals surface area contributed by atoms with Crippen LogP contribution in [0.1, 0.15) is 61.9 Å². The molecule has 1 saturated heterocycles. The van der Waals surface area contributed by atoms with Crippen LogP contribution in [0.15, 0.2) is 18.3 Å². The van der Waals surface area contributed by atoms with Gasteiger partial charge in [-0.3, -0.25) is 9.36 Å². The number of nitrogens with zero attached hydrogens (tertiary/aromatic N) is 5. The number of nitrogens with one attached hydrogen (secondary N) is 1. The van der Waals surface area contributed by atoms with Crippen LogP contribution in [0.2, 0.25) is 0 Å². The van der Waals surface area contributed by atoms with E-state index in [4.69, 9.17) is 0 Å². The molecule has 2 fully saturated rings. The number of amides is 1. The van der Waals surface area contributed by atoms with E-state index in [-0.39, 0.29) is 5.91 Å². The first-order valence-electron chi connectivity index (χ1n) is 11.0. The Balaban J connectivity index is 1.33. The lowest BCUT2D eigenvalue weighted by Crippen LogP contribution is -2.39. The lowest BCUT2D eigenvalue weighted by Gasteiger charge is -2.31. The maximum atomic E-state index is 12.8. The molecule has 0 spiro atoms. The molecular weight excluding hydrogens is 384 g/mol. The van der Waals surface area contributed by atoms with E-state index in [1.54, 1.807) is 11.3 Å². The minimum absolute atomic E-state index is 0.0539. The molecule has 29 heavy (non-hydrogen) atoms. The standard InChI is InChI=1S/C21H32N6OS/c1-25(17-9-4-2-5-10-17)16-12-22-19(28)18-11-8-15-27(18)21-24-23-20(29-21)26-13-6-3-7-14-26/h8,11,15,17H,2-7,9-10,12-14,16H2,1H3,(H,22,28). The molecule has 0 aromatic carbocycles. The third-order valence-electron chi connectivity index (χ3n) is 6.17. The lowest BCUT2D eigenvalue weighted by atomic mass is 9.94. The van der Waals surface area contributed by atoms with Crippen LogP contribution < -0.4 is 10.2 Å². The first kappa shape index (κ1) is 20.3. The molecule has 7 nitrogen and oxygen atoms in total. The third-order valence-corrected chi connectivity index (χ3v) is 7.15. The molecule has 0 atom stereocenters. The Labute approximate surface area is 177 Å². The minimum atomic E-state index is -0.0539. The largest absolute Gasteiger partial charge is 0.349 e. The van der Waals surface area contributed by atoms with Crippen molar-refractivity contribution in [3.05, 3.63) is 24.0 Å². The van der Waals surface area contributed by atoms with Gasteiger partial charge in [-0.25, -0.2) is 0 Å². The van der Waals surface area contributed by atoms with Crippen molar-refractivity contribution < 1.29 is 4.79 Å². The molecule has 0 bridgehead atoms. The summed E-state index contributed by atoms with van der Waals surface area (Å²) in [6.45, 7) is 3.63. The molecule has 1 aliphatic carbocycles. The van der Waals surface area contributed by atoms with Crippen molar-refractivity contribution in [1.82, 2.24) is 25.0 Å². The van der Waals surface area contributed by atoms with Gasteiger partial charge in [-0.05, 0) is 51.3 Å². The highest BCUT2D eigenvalue weighted by molar-refractivity contribution is 7.17. The van der Waals surface area contributed by atoms with Gasteiger partial charge in [0.25, 0.3) is 5.91 Å². The van der Waals surface area contributed by atoms with Crippen molar-refractivity contribution in [3.8, 4) is 5.13 Å². The van der Waals surface area contributed by atoms with Gasteiger partial charge in [0.1, 0.15) is 5.69 Å². The molecule has 2 aliphatic rings. The number of carbonyl (C=O) groups is 1. The predicted octanol–water partition coefficient (Wildman–Crippen LogP) is 3.31. The van der Waals surface area contributed by atoms with Gasteiger partial charge >= 0.3 is 0 Å². The van der Waals surface area contributed by atoms with Gasteiger partial charge in [-0.15, -0.1) is 10.2 Å². The Hall–Kier alpha value is -1.93. The molecule has 2 aromatic heterocycles. The Morgan fingerprint density at radius 2 is 1.86 bits per heavy atom. The van der Waals surface area contributed by atoms with Crippen molar-refractivity contribution in [3.63, 3.8) is 0 Å². The maximum Gasteiger partial charge on any atom is 0.268 e. The molecule has 2 aromatic rings. The molecule has 4 rings (SSSR count). The van der Waals surface area contributed by atoms with Gasteiger partial charge in [0.15, 0.2) is 0 Å². The number of anilines is 1. The van der Waals surface area contributed by atoms with Crippen molar-refractivity contribution in [2.45, 2.75) is 57.4 Å². The number of aromatic nitrogens is 3. The van der Waals surface area contributed by atoms with Crippen LogP contribution in [0.4, 0.5) is 5.13 Å².